The normalized spacial score (nSPS) is 12.3. The van der Waals surface area contributed by atoms with Crippen LogP contribution in [0.3, 0.4) is 0 Å². The van der Waals surface area contributed by atoms with Gasteiger partial charge in [0.2, 0.25) is 0 Å². The van der Waals surface area contributed by atoms with E-state index in [1.54, 1.807) is 4.68 Å². The SMILES string of the molecule is OC(Cc1cccc(Br)c1)c1ccn(-c2ccccc2)n1. The summed E-state index contributed by atoms with van der Waals surface area (Å²) in [5.41, 5.74) is 2.74. The first-order valence-electron chi connectivity index (χ1n) is 6.76. The molecule has 0 radical (unpaired) electrons. The van der Waals surface area contributed by atoms with E-state index in [0.29, 0.717) is 12.1 Å². The molecular weight excluding hydrogens is 328 g/mol. The fraction of sp³-hybridized carbons (Fsp3) is 0.118. The molecule has 1 aromatic heterocycles. The Labute approximate surface area is 132 Å². The van der Waals surface area contributed by atoms with Gasteiger partial charge in [0, 0.05) is 17.1 Å². The van der Waals surface area contributed by atoms with Gasteiger partial charge in [0.1, 0.15) is 6.10 Å². The lowest BCUT2D eigenvalue weighted by Gasteiger charge is -2.08. The van der Waals surface area contributed by atoms with Crippen molar-refractivity contribution in [3.05, 3.63) is 82.6 Å². The van der Waals surface area contributed by atoms with Gasteiger partial charge in [0.15, 0.2) is 0 Å². The minimum absolute atomic E-state index is 0.547. The summed E-state index contributed by atoms with van der Waals surface area (Å²) >= 11 is 3.44. The number of aliphatic hydroxyl groups is 1. The largest absolute Gasteiger partial charge is 0.386 e. The molecule has 0 aliphatic carbocycles. The Bertz CT molecular complexity index is 724. The first-order valence-corrected chi connectivity index (χ1v) is 7.55. The number of aromatic nitrogens is 2. The number of nitrogens with zero attached hydrogens (tertiary/aromatic N) is 2. The van der Waals surface area contributed by atoms with Gasteiger partial charge in [-0.05, 0) is 35.9 Å². The molecule has 0 saturated carbocycles. The molecule has 0 spiro atoms. The molecule has 0 saturated heterocycles. The number of para-hydroxylation sites is 1. The maximum absolute atomic E-state index is 10.3. The lowest BCUT2D eigenvalue weighted by atomic mass is 10.1. The van der Waals surface area contributed by atoms with E-state index in [2.05, 4.69) is 21.0 Å². The van der Waals surface area contributed by atoms with Crippen LogP contribution in [0.1, 0.15) is 17.4 Å². The van der Waals surface area contributed by atoms with Crippen LogP contribution in [0.4, 0.5) is 0 Å². The van der Waals surface area contributed by atoms with Crippen molar-refractivity contribution in [2.24, 2.45) is 0 Å². The summed E-state index contributed by atoms with van der Waals surface area (Å²) in [4.78, 5) is 0. The van der Waals surface area contributed by atoms with Crippen LogP contribution >= 0.6 is 15.9 Å². The quantitative estimate of drug-likeness (QED) is 0.780. The van der Waals surface area contributed by atoms with E-state index in [4.69, 9.17) is 0 Å². The van der Waals surface area contributed by atoms with Crippen molar-refractivity contribution < 1.29 is 5.11 Å². The third-order valence-electron chi connectivity index (χ3n) is 3.29. The Kier molecular flexibility index (Phi) is 4.18. The van der Waals surface area contributed by atoms with Crippen molar-refractivity contribution in [2.45, 2.75) is 12.5 Å². The second-order valence-electron chi connectivity index (χ2n) is 4.87. The van der Waals surface area contributed by atoms with Gasteiger partial charge >= 0.3 is 0 Å². The summed E-state index contributed by atoms with van der Waals surface area (Å²) in [6.07, 6.45) is 1.81. The van der Waals surface area contributed by atoms with Crippen LogP contribution in [0, 0.1) is 0 Å². The summed E-state index contributed by atoms with van der Waals surface area (Å²) < 4.78 is 2.79. The topological polar surface area (TPSA) is 38.0 Å². The molecule has 1 atom stereocenters. The van der Waals surface area contributed by atoms with E-state index in [9.17, 15) is 5.11 Å². The fourth-order valence-corrected chi connectivity index (χ4v) is 2.68. The van der Waals surface area contributed by atoms with Crippen molar-refractivity contribution >= 4 is 15.9 Å². The zero-order chi connectivity index (χ0) is 14.7. The third kappa shape index (κ3) is 3.40. The van der Waals surface area contributed by atoms with Crippen molar-refractivity contribution in [3.8, 4) is 5.69 Å². The average molecular weight is 343 g/mol. The van der Waals surface area contributed by atoms with Gasteiger partial charge in [-0.25, -0.2) is 4.68 Å². The average Bonchev–Trinajstić information content (AvgIpc) is 2.98. The van der Waals surface area contributed by atoms with E-state index in [0.717, 1.165) is 15.7 Å². The molecule has 0 aliphatic heterocycles. The van der Waals surface area contributed by atoms with Crippen LogP contribution in [0.2, 0.25) is 0 Å². The highest BCUT2D eigenvalue weighted by Crippen LogP contribution is 2.20. The number of hydrogen-bond acceptors (Lipinski definition) is 2. The first kappa shape index (κ1) is 14.0. The molecule has 2 aromatic carbocycles. The molecule has 0 fully saturated rings. The number of benzene rings is 2. The van der Waals surface area contributed by atoms with Crippen LogP contribution in [-0.4, -0.2) is 14.9 Å². The van der Waals surface area contributed by atoms with Gasteiger partial charge in [-0.15, -0.1) is 0 Å². The molecule has 21 heavy (non-hydrogen) atoms. The molecule has 1 unspecified atom stereocenters. The Morgan fingerprint density at radius 1 is 1.05 bits per heavy atom. The zero-order valence-electron chi connectivity index (χ0n) is 11.4. The number of hydrogen-bond donors (Lipinski definition) is 1. The highest BCUT2D eigenvalue weighted by molar-refractivity contribution is 9.10. The zero-order valence-corrected chi connectivity index (χ0v) is 12.9. The molecule has 0 aliphatic rings. The lowest BCUT2D eigenvalue weighted by molar-refractivity contribution is 0.173. The Morgan fingerprint density at radius 2 is 1.86 bits per heavy atom. The summed E-state index contributed by atoms with van der Waals surface area (Å²) in [5.74, 6) is 0. The number of halogens is 1. The van der Waals surface area contributed by atoms with Crippen LogP contribution in [-0.2, 0) is 6.42 Å². The minimum Gasteiger partial charge on any atom is -0.386 e. The lowest BCUT2D eigenvalue weighted by Crippen LogP contribution is -2.04. The van der Waals surface area contributed by atoms with Crippen LogP contribution in [0.15, 0.2) is 71.3 Å². The third-order valence-corrected chi connectivity index (χ3v) is 3.78. The minimum atomic E-state index is -0.607. The first-order chi connectivity index (χ1) is 10.2. The summed E-state index contributed by atoms with van der Waals surface area (Å²) in [7, 11) is 0. The predicted octanol–water partition coefficient (Wildman–Crippen LogP) is 3.91. The van der Waals surface area contributed by atoms with Crippen molar-refractivity contribution in [1.29, 1.82) is 0 Å². The van der Waals surface area contributed by atoms with Gasteiger partial charge < -0.3 is 5.11 Å². The van der Waals surface area contributed by atoms with Crippen molar-refractivity contribution in [1.82, 2.24) is 9.78 Å². The monoisotopic (exact) mass is 342 g/mol. The highest BCUT2D eigenvalue weighted by Gasteiger charge is 2.12. The molecule has 4 heteroatoms. The molecule has 1 N–H and O–H groups in total. The van der Waals surface area contributed by atoms with E-state index in [1.807, 2.05) is 66.9 Å². The summed E-state index contributed by atoms with van der Waals surface area (Å²) in [6.45, 7) is 0. The molecule has 3 rings (SSSR count). The maximum Gasteiger partial charge on any atom is 0.102 e. The van der Waals surface area contributed by atoms with Gasteiger partial charge in [-0.1, -0.05) is 46.3 Å². The van der Waals surface area contributed by atoms with Crippen LogP contribution in [0.5, 0.6) is 0 Å². The Hall–Kier alpha value is -1.91. The number of rotatable bonds is 4. The van der Waals surface area contributed by atoms with E-state index in [-0.39, 0.29) is 0 Å². The standard InChI is InChI=1S/C17H15BrN2O/c18-14-6-4-5-13(11-14)12-17(21)16-9-10-20(19-16)15-7-2-1-3-8-15/h1-11,17,21H,12H2. The molecular formula is C17H15BrN2O. The molecule has 3 nitrogen and oxygen atoms in total. The van der Waals surface area contributed by atoms with Crippen molar-refractivity contribution in [3.63, 3.8) is 0 Å². The molecule has 3 aromatic rings. The predicted molar refractivity (Wildman–Crippen MR) is 86.4 cm³/mol. The fourth-order valence-electron chi connectivity index (χ4n) is 2.23. The molecule has 1 heterocycles. The summed E-state index contributed by atoms with van der Waals surface area (Å²) in [6, 6.07) is 19.7. The van der Waals surface area contributed by atoms with Gasteiger partial charge in [-0.2, -0.15) is 5.10 Å². The van der Waals surface area contributed by atoms with Crippen LogP contribution in [0.25, 0.3) is 5.69 Å². The van der Waals surface area contributed by atoms with Crippen LogP contribution < -0.4 is 0 Å². The van der Waals surface area contributed by atoms with E-state index in [1.165, 1.54) is 0 Å². The Balaban J connectivity index is 1.77. The van der Waals surface area contributed by atoms with Crippen molar-refractivity contribution in [2.75, 3.05) is 0 Å². The second kappa shape index (κ2) is 6.24. The smallest absolute Gasteiger partial charge is 0.102 e. The Morgan fingerprint density at radius 3 is 2.62 bits per heavy atom. The van der Waals surface area contributed by atoms with E-state index >= 15 is 0 Å². The highest BCUT2D eigenvalue weighted by atomic mass is 79.9. The van der Waals surface area contributed by atoms with E-state index < -0.39 is 6.10 Å². The van der Waals surface area contributed by atoms with Gasteiger partial charge in [0.25, 0.3) is 0 Å². The van der Waals surface area contributed by atoms with Gasteiger partial charge in [0.05, 0.1) is 11.4 Å². The van der Waals surface area contributed by atoms with Gasteiger partial charge in [-0.3, -0.25) is 0 Å². The molecule has 106 valence electrons. The maximum atomic E-state index is 10.3. The molecule has 0 bridgehead atoms. The molecule has 0 amide bonds. The summed E-state index contributed by atoms with van der Waals surface area (Å²) in [5, 5.41) is 14.8. The number of aliphatic hydroxyl groups excluding tert-OH is 1. The second-order valence-corrected chi connectivity index (χ2v) is 5.79.